The maximum absolute atomic E-state index is 13.6. The van der Waals surface area contributed by atoms with Gasteiger partial charge in [-0.2, -0.15) is 0 Å². The number of carbonyl (C=O) groups is 3. The zero-order valence-electron chi connectivity index (χ0n) is 22.6. The van der Waals surface area contributed by atoms with Crippen LogP contribution in [-0.4, -0.2) is 53.8 Å². The third kappa shape index (κ3) is 6.47. The highest BCUT2D eigenvalue weighted by molar-refractivity contribution is 5.85. The second-order valence-electron chi connectivity index (χ2n) is 11.1. The Bertz CT molecular complexity index is 1110. The van der Waals surface area contributed by atoms with E-state index in [1.54, 1.807) is 20.8 Å². The molecule has 2 aromatic rings. The number of carbonyl (C=O) groups excluding carboxylic acids is 3. The number of ether oxygens (including phenoxy) is 2. The van der Waals surface area contributed by atoms with Crippen molar-refractivity contribution in [3.05, 3.63) is 59.7 Å². The molecule has 0 unspecified atom stereocenters. The van der Waals surface area contributed by atoms with Crippen LogP contribution in [0.5, 0.6) is 0 Å². The number of nitrogens with two attached hydrogens (primary N) is 1. The van der Waals surface area contributed by atoms with Crippen molar-refractivity contribution in [1.29, 1.82) is 0 Å². The van der Waals surface area contributed by atoms with Crippen LogP contribution < -0.4 is 11.1 Å². The Morgan fingerprint density at radius 2 is 1.55 bits per heavy atom. The summed E-state index contributed by atoms with van der Waals surface area (Å²) >= 11 is 0. The number of rotatable bonds is 8. The number of alkyl carbamates (subject to hydrolysis) is 1. The van der Waals surface area contributed by atoms with Crippen LogP contribution in [0.2, 0.25) is 0 Å². The first-order valence-electron chi connectivity index (χ1n) is 13.5. The minimum atomic E-state index is -0.899. The Balaban J connectivity index is 1.49. The predicted octanol–water partition coefficient (Wildman–Crippen LogP) is 5.34. The van der Waals surface area contributed by atoms with Crippen LogP contribution >= 0.6 is 0 Å². The van der Waals surface area contributed by atoms with Gasteiger partial charge >= 0.3 is 12.2 Å². The Morgan fingerprint density at radius 3 is 2.11 bits per heavy atom. The summed E-state index contributed by atoms with van der Waals surface area (Å²) in [6.45, 7) is 5.64. The molecule has 0 bridgehead atoms. The first-order valence-corrected chi connectivity index (χ1v) is 13.5. The molecule has 1 saturated carbocycles. The Labute approximate surface area is 224 Å². The lowest BCUT2D eigenvalue weighted by Crippen LogP contribution is -2.54. The number of amides is 3. The summed E-state index contributed by atoms with van der Waals surface area (Å²) in [5, 5.41) is 2.67. The summed E-state index contributed by atoms with van der Waals surface area (Å²) in [7, 11) is 0. The molecular weight excluding hydrogens is 482 g/mol. The van der Waals surface area contributed by atoms with Gasteiger partial charge in [0.05, 0.1) is 0 Å². The van der Waals surface area contributed by atoms with Gasteiger partial charge in [0.15, 0.2) is 0 Å². The molecule has 0 aromatic heterocycles. The van der Waals surface area contributed by atoms with Crippen molar-refractivity contribution in [1.82, 2.24) is 10.2 Å². The quantitative estimate of drug-likeness (QED) is 0.487. The van der Waals surface area contributed by atoms with E-state index in [2.05, 4.69) is 29.6 Å². The van der Waals surface area contributed by atoms with Crippen molar-refractivity contribution < 1.29 is 23.9 Å². The van der Waals surface area contributed by atoms with E-state index >= 15 is 0 Å². The number of nitrogens with one attached hydrogen (secondary N) is 1. The van der Waals surface area contributed by atoms with Crippen LogP contribution in [0.15, 0.2) is 48.5 Å². The summed E-state index contributed by atoms with van der Waals surface area (Å²) in [6, 6.07) is 15.3. The highest BCUT2D eigenvalue weighted by Crippen LogP contribution is 2.44. The van der Waals surface area contributed by atoms with Gasteiger partial charge in [-0.25, -0.2) is 9.59 Å². The van der Waals surface area contributed by atoms with Crippen LogP contribution in [-0.2, 0) is 14.3 Å². The van der Waals surface area contributed by atoms with Crippen LogP contribution in [0.25, 0.3) is 11.1 Å². The smallest absolute Gasteiger partial charge is 0.410 e. The second kappa shape index (κ2) is 11.9. The Kier molecular flexibility index (Phi) is 8.59. The molecule has 0 saturated heterocycles. The molecule has 8 heteroatoms. The van der Waals surface area contributed by atoms with E-state index in [9.17, 15) is 14.4 Å². The summed E-state index contributed by atoms with van der Waals surface area (Å²) in [4.78, 5) is 39.9. The SMILES string of the molecule is CC(C)(C)OC(=O)NCC[C@@H](C(N)=O)N(C(=O)OCC1c2ccccc2-c2ccccc21)C1CCCCC1. The zero-order chi connectivity index (χ0) is 27.3. The molecule has 1 fully saturated rings. The summed E-state index contributed by atoms with van der Waals surface area (Å²) in [5.74, 6) is -0.699. The predicted molar refractivity (Wildman–Crippen MR) is 146 cm³/mol. The van der Waals surface area contributed by atoms with Crippen molar-refractivity contribution in [2.45, 2.75) is 82.9 Å². The molecule has 2 aromatic carbocycles. The van der Waals surface area contributed by atoms with Gasteiger partial charge in [0.2, 0.25) is 5.91 Å². The maximum Gasteiger partial charge on any atom is 0.410 e. The van der Waals surface area contributed by atoms with E-state index in [0.717, 1.165) is 54.4 Å². The summed E-state index contributed by atoms with van der Waals surface area (Å²) in [5.41, 5.74) is 9.72. The molecule has 4 rings (SSSR count). The molecule has 204 valence electrons. The number of primary amides is 1. The maximum atomic E-state index is 13.6. The van der Waals surface area contributed by atoms with Crippen LogP contribution in [0, 0.1) is 0 Å². The standard InChI is InChI=1S/C30H39N3O5/c1-30(2,3)38-28(35)32-18-17-26(27(31)34)33(20-11-5-4-6-12-20)29(36)37-19-25-23-15-9-7-13-21(23)22-14-8-10-16-24(22)25/h7-10,13-16,20,25-26H,4-6,11-12,17-19H2,1-3H3,(H2,31,34)(H,32,35)/t26-/m0/s1. The van der Waals surface area contributed by atoms with Crippen molar-refractivity contribution in [3.63, 3.8) is 0 Å². The van der Waals surface area contributed by atoms with E-state index in [1.807, 2.05) is 24.3 Å². The van der Waals surface area contributed by atoms with Crippen LogP contribution in [0.1, 0.15) is 76.3 Å². The summed E-state index contributed by atoms with van der Waals surface area (Å²) in [6.07, 6.45) is 3.66. The highest BCUT2D eigenvalue weighted by Gasteiger charge is 2.37. The van der Waals surface area contributed by atoms with Crippen LogP contribution in [0.3, 0.4) is 0 Å². The molecule has 0 spiro atoms. The van der Waals surface area contributed by atoms with Gasteiger partial charge in [-0.15, -0.1) is 0 Å². The normalized spacial score (nSPS) is 16.2. The van der Waals surface area contributed by atoms with Crippen molar-refractivity contribution >= 4 is 18.1 Å². The molecule has 3 N–H and O–H groups in total. The molecule has 0 aliphatic heterocycles. The lowest BCUT2D eigenvalue weighted by molar-refractivity contribution is -0.124. The van der Waals surface area contributed by atoms with Crippen molar-refractivity contribution in [3.8, 4) is 11.1 Å². The topological polar surface area (TPSA) is 111 Å². The number of hydrogen-bond donors (Lipinski definition) is 2. The van der Waals surface area contributed by atoms with Gasteiger partial charge in [0.1, 0.15) is 18.2 Å². The monoisotopic (exact) mass is 521 g/mol. The molecule has 8 nitrogen and oxygen atoms in total. The van der Waals surface area contributed by atoms with Gasteiger partial charge < -0.3 is 20.5 Å². The minimum Gasteiger partial charge on any atom is -0.448 e. The van der Waals surface area contributed by atoms with Gasteiger partial charge in [-0.1, -0.05) is 67.8 Å². The average Bonchev–Trinajstić information content (AvgIpc) is 3.20. The second-order valence-corrected chi connectivity index (χ2v) is 11.1. The number of nitrogens with zero attached hydrogens (tertiary/aromatic N) is 1. The number of benzene rings is 2. The zero-order valence-corrected chi connectivity index (χ0v) is 22.6. The lowest BCUT2D eigenvalue weighted by atomic mass is 9.93. The van der Waals surface area contributed by atoms with Gasteiger partial charge in [0.25, 0.3) is 0 Å². The number of hydrogen-bond acceptors (Lipinski definition) is 5. The van der Waals surface area contributed by atoms with E-state index in [4.69, 9.17) is 15.2 Å². The molecule has 2 aliphatic rings. The largest absolute Gasteiger partial charge is 0.448 e. The van der Waals surface area contributed by atoms with E-state index in [-0.39, 0.29) is 31.5 Å². The Morgan fingerprint density at radius 1 is 0.974 bits per heavy atom. The van der Waals surface area contributed by atoms with Crippen molar-refractivity contribution in [2.75, 3.05) is 13.2 Å². The average molecular weight is 522 g/mol. The van der Waals surface area contributed by atoms with Crippen LogP contribution in [0.4, 0.5) is 9.59 Å². The fraction of sp³-hybridized carbons (Fsp3) is 0.500. The van der Waals surface area contributed by atoms with E-state index in [0.29, 0.717) is 0 Å². The molecular formula is C30H39N3O5. The fourth-order valence-corrected chi connectivity index (χ4v) is 5.60. The molecule has 3 amide bonds. The highest BCUT2D eigenvalue weighted by atomic mass is 16.6. The molecule has 38 heavy (non-hydrogen) atoms. The van der Waals surface area contributed by atoms with Gasteiger partial charge in [-0.3, -0.25) is 9.69 Å². The first kappa shape index (κ1) is 27.5. The number of fused-ring (bicyclic) bond motifs is 3. The molecule has 2 aliphatic carbocycles. The molecule has 0 heterocycles. The summed E-state index contributed by atoms with van der Waals surface area (Å²) < 4.78 is 11.2. The van der Waals surface area contributed by atoms with E-state index in [1.165, 1.54) is 4.90 Å². The molecule has 1 atom stereocenters. The lowest BCUT2D eigenvalue weighted by Gasteiger charge is -2.38. The minimum absolute atomic E-state index is 0.0829. The van der Waals surface area contributed by atoms with Crippen molar-refractivity contribution in [2.24, 2.45) is 5.73 Å². The third-order valence-corrected chi connectivity index (χ3v) is 7.27. The molecule has 0 radical (unpaired) electrons. The van der Waals surface area contributed by atoms with Gasteiger partial charge in [-0.05, 0) is 62.3 Å². The fourth-order valence-electron chi connectivity index (χ4n) is 5.60. The van der Waals surface area contributed by atoms with E-state index < -0.39 is 29.7 Å². The Hall–Kier alpha value is -3.55. The van der Waals surface area contributed by atoms with Gasteiger partial charge in [0, 0.05) is 18.5 Å². The first-order chi connectivity index (χ1) is 18.2. The third-order valence-electron chi connectivity index (χ3n) is 7.27.